The fourth-order valence-electron chi connectivity index (χ4n) is 3.84. The molecule has 0 aliphatic carbocycles. The van der Waals surface area contributed by atoms with E-state index < -0.39 is 0 Å². The first kappa shape index (κ1) is 20.8. The molecule has 1 fully saturated rings. The van der Waals surface area contributed by atoms with Gasteiger partial charge in [0.05, 0.1) is 0 Å². The summed E-state index contributed by atoms with van der Waals surface area (Å²) in [5.41, 5.74) is 2.75. The van der Waals surface area contributed by atoms with Gasteiger partial charge in [0.25, 0.3) is 0 Å². The maximum atomic E-state index is 13.3. The minimum absolute atomic E-state index is 0.0126. The molecular formula is C23H30ClN3O. The highest BCUT2D eigenvalue weighted by molar-refractivity contribution is 6.31. The van der Waals surface area contributed by atoms with Gasteiger partial charge in [-0.05, 0) is 43.0 Å². The van der Waals surface area contributed by atoms with Crippen LogP contribution in [0.2, 0.25) is 5.02 Å². The van der Waals surface area contributed by atoms with Gasteiger partial charge in [0.15, 0.2) is 0 Å². The van der Waals surface area contributed by atoms with E-state index in [0.717, 1.165) is 42.7 Å². The highest BCUT2D eigenvalue weighted by Gasteiger charge is 2.31. The van der Waals surface area contributed by atoms with Gasteiger partial charge in [-0.3, -0.25) is 9.69 Å². The number of halogens is 1. The van der Waals surface area contributed by atoms with E-state index in [2.05, 4.69) is 29.4 Å². The fraction of sp³-hybridized carbons (Fsp3) is 0.435. The number of carbonyl (C=O) groups excluding carboxylic acids is 1. The number of aryl methyl sites for hydroxylation is 1. The van der Waals surface area contributed by atoms with Crippen molar-refractivity contribution >= 4 is 23.2 Å². The quantitative estimate of drug-likeness (QED) is 0.733. The highest BCUT2D eigenvalue weighted by Crippen LogP contribution is 2.27. The number of nitrogens with one attached hydrogen (secondary N) is 2. The highest BCUT2D eigenvalue weighted by atomic mass is 35.5. The molecule has 1 aliphatic rings. The molecule has 1 atom stereocenters. The zero-order valence-electron chi connectivity index (χ0n) is 16.9. The zero-order valence-corrected chi connectivity index (χ0v) is 17.7. The third kappa shape index (κ3) is 5.34. The van der Waals surface area contributed by atoms with E-state index in [0.29, 0.717) is 17.1 Å². The number of amides is 1. The molecule has 0 spiro atoms. The van der Waals surface area contributed by atoms with Crippen LogP contribution in [0.15, 0.2) is 48.5 Å². The van der Waals surface area contributed by atoms with Gasteiger partial charge in [-0.25, -0.2) is 0 Å². The molecule has 1 saturated heterocycles. The average molecular weight is 400 g/mol. The van der Waals surface area contributed by atoms with E-state index in [1.54, 1.807) is 0 Å². The zero-order chi connectivity index (χ0) is 20.1. The Morgan fingerprint density at radius 3 is 2.39 bits per heavy atom. The molecule has 0 bridgehead atoms. The number of piperidine rings is 1. The molecule has 1 aliphatic heterocycles. The summed E-state index contributed by atoms with van der Waals surface area (Å²) in [6.07, 6.45) is 2.09. The van der Waals surface area contributed by atoms with Crippen molar-refractivity contribution in [3.8, 4) is 0 Å². The molecule has 0 radical (unpaired) electrons. The summed E-state index contributed by atoms with van der Waals surface area (Å²) in [7, 11) is 0. The van der Waals surface area contributed by atoms with Crippen molar-refractivity contribution in [1.82, 2.24) is 10.2 Å². The molecule has 5 heteroatoms. The van der Waals surface area contributed by atoms with E-state index >= 15 is 0 Å². The normalized spacial score (nSPS) is 16.9. The van der Waals surface area contributed by atoms with Gasteiger partial charge in [0.2, 0.25) is 5.91 Å². The maximum absolute atomic E-state index is 13.3. The number of rotatable bonds is 6. The van der Waals surface area contributed by atoms with Crippen LogP contribution >= 0.6 is 11.6 Å². The lowest BCUT2D eigenvalue weighted by Gasteiger charge is -2.38. The number of hydrogen-bond acceptors (Lipinski definition) is 3. The van der Waals surface area contributed by atoms with Crippen LogP contribution in [-0.2, 0) is 4.79 Å². The van der Waals surface area contributed by atoms with E-state index in [1.807, 2.05) is 55.5 Å². The summed E-state index contributed by atoms with van der Waals surface area (Å²) in [5.74, 6) is -0.0126. The lowest BCUT2D eigenvalue weighted by Crippen LogP contribution is -2.48. The Morgan fingerprint density at radius 2 is 1.79 bits per heavy atom. The van der Waals surface area contributed by atoms with E-state index in [-0.39, 0.29) is 11.9 Å². The second kappa shape index (κ2) is 9.55. The summed E-state index contributed by atoms with van der Waals surface area (Å²) in [5, 5.41) is 7.35. The second-order valence-corrected chi connectivity index (χ2v) is 8.31. The van der Waals surface area contributed by atoms with Crippen LogP contribution in [0.3, 0.4) is 0 Å². The van der Waals surface area contributed by atoms with Crippen molar-refractivity contribution in [2.45, 2.75) is 51.7 Å². The number of carbonyl (C=O) groups is 1. The molecule has 3 rings (SSSR count). The van der Waals surface area contributed by atoms with Gasteiger partial charge < -0.3 is 10.6 Å². The largest absolute Gasteiger partial charge is 0.324 e. The van der Waals surface area contributed by atoms with Crippen LogP contribution in [0.4, 0.5) is 5.69 Å². The molecule has 1 unspecified atom stereocenters. The molecule has 1 heterocycles. The standard InChI is InChI=1S/C23H30ClN3O/c1-16(2)25-19-11-13-27(14-12-19)22(18-7-5-4-6-8-18)23(28)26-20-10-9-17(3)21(24)15-20/h4-10,15-16,19,22,25H,11-14H2,1-3H3,(H,26,28). The maximum Gasteiger partial charge on any atom is 0.246 e. The molecule has 150 valence electrons. The van der Waals surface area contributed by atoms with Gasteiger partial charge >= 0.3 is 0 Å². The molecule has 0 aromatic heterocycles. The molecule has 28 heavy (non-hydrogen) atoms. The lowest BCUT2D eigenvalue weighted by atomic mass is 9.98. The number of nitrogens with zero attached hydrogens (tertiary/aromatic N) is 1. The molecule has 2 N–H and O–H groups in total. The third-order valence-electron chi connectivity index (χ3n) is 5.27. The summed E-state index contributed by atoms with van der Waals surface area (Å²) in [4.78, 5) is 15.5. The van der Waals surface area contributed by atoms with Crippen LogP contribution in [0.5, 0.6) is 0 Å². The van der Waals surface area contributed by atoms with Gasteiger partial charge in [0.1, 0.15) is 6.04 Å². The lowest BCUT2D eigenvalue weighted by molar-refractivity contribution is -0.122. The molecular weight excluding hydrogens is 370 g/mol. The minimum atomic E-state index is -0.304. The van der Waals surface area contributed by atoms with E-state index in [9.17, 15) is 4.79 Å². The van der Waals surface area contributed by atoms with Crippen molar-refractivity contribution in [3.63, 3.8) is 0 Å². The van der Waals surface area contributed by atoms with Crippen molar-refractivity contribution in [1.29, 1.82) is 0 Å². The number of likely N-dealkylation sites (tertiary alicyclic amines) is 1. The van der Waals surface area contributed by atoms with Crippen LogP contribution in [0.25, 0.3) is 0 Å². The number of hydrogen-bond donors (Lipinski definition) is 2. The monoisotopic (exact) mass is 399 g/mol. The molecule has 0 saturated carbocycles. The van der Waals surface area contributed by atoms with E-state index in [4.69, 9.17) is 11.6 Å². The van der Waals surface area contributed by atoms with Crippen molar-refractivity contribution in [2.75, 3.05) is 18.4 Å². The van der Waals surface area contributed by atoms with E-state index in [1.165, 1.54) is 0 Å². The first-order valence-corrected chi connectivity index (χ1v) is 10.4. The fourth-order valence-corrected chi connectivity index (χ4v) is 4.02. The van der Waals surface area contributed by atoms with Gasteiger partial charge in [-0.1, -0.05) is 61.8 Å². The summed E-state index contributed by atoms with van der Waals surface area (Å²) in [6.45, 7) is 8.10. The number of benzene rings is 2. The first-order chi connectivity index (χ1) is 13.4. The average Bonchev–Trinajstić information content (AvgIpc) is 2.67. The Bertz CT molecular complexity index is 786. The van der Waals surface area contributed by atoms with Crippen LogP contribution in [0.1, 0.15) is 43.9 Å². The molecule has 1 amide bonds. The van der Waals surface area contributed by atoms with Crippen LogP contribution in [-0.4, -0.2) is 36.0 Å². The summed E-state index contributed by atoms with van der Waals surface area (Å²) >= 11 is 6.23. The topological polar surface area (TPSA) is 44.4 Å². The summed E-state index contributed by atoms with van der Waals surface area (Å²) in [6, 6.07) is 16.4. The first-order valence-electron chi connectivity index (χ1n) is 10.1. The van der Waals surface area contributed by atoms with Crippen molar-refractivity contribution in [3.05, 3.63) is 64.7 Å². The van der Waals surface area contributed by atoms with Crippen molar-refractivity contribution in [2.24, 2.45) is 0 Å². The van der Waals surface area contributed by atoms with Gasteiger partial charge in [-0.15, -0.1) is 0 Å². The smallest absolute Gasteiger partial charge is 0.246 e. The Balaban J connectivity index is 1.76. The predicted molar refractivity (Wildman–Crippen MR) is 117 cm³/mol. The predicted octanol–water partition coefficient (Wildman–Crippen LogP) is 4.79. The molecule has 4 nitrogen and oxygen atoms in total. The molecule has 2 aromatic carbocycles. The third-order valence-corrected chi connectivity index (χ3v) is 5.67. The van der Waals surface area contributed by atoms with Gasteiger partial charge in [-0.2, -0.15) is 0 Å². The van der Waals surface area contributed by atoms with Crippen molar-refractivity contribution < 1.29 is 4.79 Å². The Morgan fingerprint density at radius 1 is 1.11 bits per heavy atom. The van der Waals surface area contributed by atoms with Crippen LogP contribution < -0.4 is 10.6 Å². The van der Waals surface area contributed by atoms with Crippen LogP contribution in [0, 0.1) is 6.92 Å². The molecule has 2 aromatic rings. The SMILES string of the molecule is Cc1ccc(NC(=O)C(c2ccccc2)N2CCC(NC(C)C)CC2)cc1Cl. The second-order valence-electron chi connectivity index (χ2n) is 7.90. The summed E-state index contributed by atoms with van der Waals surface area (Å²) < 4.78 is 0. The Hall–Kier alpha value is -1.88. The van der Waals surface area contributed by atoms with Gasteiger partial charge in [0, 0.05) is 35.9 Å². The Labute approximate surface area is 173 Å². The Kier molecular flexibility index (Phi) is 7.11. The number of anilines is 1. The minimum Gasteiger partial charge on any atom is -0.324 e.